The summed E-state index contributed by atoms with van der Waals surface area (Å²) in [6.45, 7) is 2.04. The van der Waals surface area contributed by atoms with Gasteiger partial charge in [0.25, 0.3) is 0 Å². The highest BCUT2D eigenvalue weighted by Crippen LogP contribution is 2.15. The van der Waals surface area contributed by atoms with Crippen LogP contribution in [0, 0.1) is 5.92 Å². The SMILES string of the molecule is O=C(CNc1cccc(Cl)c1)OCC1CCOC1. The molecule has 4 nitrogen and oxygen atoms in total. The van der Waals surface area contributed by atoms with Gasteiger partial charge in [0.05, 0.1) is 13.2 Å². The van der Waals surface area contributed by atoms with Crippen molar-refractivity contribution in [1.82, 2.24) is 0 Å². The molecule has 0 aliphatic carbocycles. The molecule has 2 rings (SSSR count). The summed E-state index contributed by atoms with van der Waals surface area (Å²) in [7, 11) is 0. The predicted octanol–water partition coefficient (Wildman–Crippen LogP) is 2.33. The minimum absolute atomic E-state index is 0.147. The summed E-state index contributed by atoms with van der Waals surface area (Å²) in [4.78, 5) is 11.5. The summed E-state index contributed by atoms with van der Waals surface area (Å²) in [5.41, 5.74) is 0.809. The fraction of sp³-hybridized carbons (Fsp3) is 0.462. The monoisotopic (exact) mass is 269 g/mol. The van der Waals surface area contributed by atoms with Crippen molar-refractivity contribution in [2.45, 2.75) is 6.42 Å². The zero-order valence-corrected chi connectivity index (χ0v) is 10.8. The molecule has 0 saturated carbocycles. The van der Waals surface area contributed by atoms with E-state index in [0.29, 0.717) is 24.2 Å². The zero-order chi connectivity index (χ0) is 12.8. The lowest BCUT2D eigenvalue weighted by atomic mass is 10.1. The maximum atomic E-state index is 11.5. The van der Waals surface area contributed by atoms with Gasteiger partial charge in [-0.15, -0.1) is 0 Å². The summed E-state index contributed by atoms with van der Waals surface area (Å²) in [6.07, 6.45) is 0.967. The number of benzene rings is 1. The van der Waals surface area contributed by atoms with Gasteiger partial charge >= 0.3 is 5.97 Å². The van der Waals surface area contributed by atoms with Crippen molar-refractivity contribution in [3.63, 3.8) is 0 Å². The Morgan fingerprint density at radius 2 is 2.44 bits per heavy atom. The van der Waals surface area contributed by atoms with Gasteiger partial charge in [-0.2, -0.15) is 0 Å². The Morgan fingerprint density at radius 3 is 3.17 bits per heavy atom. The molecular formula is C13H16ClNO3. The predicted molar refractivity (Wildman–Crippen MR) is 69.8 cm³/mol. The molecule has 0 amide bonds. The number of rotatable bonds is 5. The standard InChI is InChI=1S/C13H16ClNO3/c14-11-2-1-3-12(6-11)15-7-13(16)18-9-10-4-5-17-8-10/h1-3,6,10,15H,4-5,7-9H2. The summed E-state index contributed by atoms with van der Waals surface area (Å²) in [5, 5.41) is 3.61. The first-order valence-electron chi connectivity index (χ1n) is 5.97. The van der Waals surface area contributed by atoms with Gasteiger partial charge < -0.3 is 14.8 Å². The van der Waals surface area contributed by atoms with E-state index in [-0.39, 0.29) is 12.5 Å². The molecule has 98 valence electrons. The largest absolute Gasteiger partial charge is 0.464 e. The average molecular weight is 270 g/mol. The van der Waals surface area contributed by atoms with E-state index < -0.39 is 0 Å². The van der Waals surface area contributed by atoms with Gasteiger partial charge in [-0.05, 0) is 24.6 Å². The molecule has 1 unspecified atom stereocenters. The lowest BCUT2D eigenvalue weighted by molar-refractivity contribution is -0.142. The van der Waals surface area contributed by atoms with Crippen molar-refractivity contribution in [3.8, 4) is 0 Å². The van der Waals surface area contributed by atoms with E-state index in [4.69, 9.17) is 21.1 Å². The molecule has 1 atom stereocenters. The van der Waals surface area contributed by atoms with Crippen LogP contribution in [0.2, 0.25) is 5.02 Å². The fourth-order valence-corrected chi connectivity index (χ4v) is 1.94. The average Bonchev–Trinajstić information content (AvgIpc) is 2.87. The van der Waals surface area contributed by atoms with Gasteiger partial charge in [-0.25, -0.2) is 0 Å². The number of esters is 1. The Balaban J connectivity index is 1.68. The van der Waals surface area contributed by atoms with Crippen LogP contribution in [0.5, 0.6) is 0 Å². The van der Waals surface area contributed by atoms with Gasteiger partial charge in [0, 0.05) is 23.2 Å². The quantitative estimate of drug-likeness (QED) is 0.834. The Labute approximate surface area is 111 Å². The number of ether oxygens (including phenoxy) is 2. The second-order valence-electron chi connectivity index (χ2n) is 4.28. The van der Waals surface area contributed by atoms with Crippen molar-refractivity contribution < 1.29 is 14.3 Å². The minimum atomic E-state index is -0.262. The summed E-state index contributed by atoms with van der Waals surface area (Å²) < 4.78 is 10.4. The third-order valence-corrected chi connectivity index (χ3v) is 3.00. The van der Waals surface area contributed by atoms with E-state index in [2.05, 4.69) is 5.32 Å². The Kier molecular flexibility index (Phi) is 4.84. The first-order valence-corrected chi connectivity index (χ1v) is 6.34. The number of nitrogens with one attached hydrogen (secondary N) is 1. The zero-order valence-electron chi connectivity index (χ0n) is 10.0. The Morgan fingerprint density at radius 1 is 1.56 bits per heavy atom. The van der Waals surface area contributed by atoms with Crippen LogP contribution in [0.25, 0.3) is 0 Å². The van der Waals surface area contributed by atoms with Crippen molar-refractivity contribution >= 4 is 23.3 Å². The van der Waals surface area contributed by atoms with E-state index >= 15 is 0 Å². The van der Waals surface area contributed by atoms with Gasteiger partial charge in [0.2, 0.25) is 0 Å². The lowest BCUT2D eigenvalue weighted by Gasteiger charge is -2.10. The summed E-state index contributed by atoms with van der Waals surface area (Å²) in [6, 6.07) is 7.22. The van der Waals surface area contributed by atoms with E-state index in [1.54, 1.807) is 12.1 Å². The normalized spacial score (nSPS) is 18.6. The first kappa shape index (κ1) is 13.2. The lowest BCUT2D eigenvalue weighted by Crippen LogP contribution is -2.20. The van der Waals surface area contributed by atoms with E-state index in [9.17, 15) is 4.79 Å². The highest BCUT2D eigenvalue weighted by atomic mass is 35.5. The molecule has 1 N–H and O–H groups in total. The molecule has 18 heavy (non-hydrogen) atoms. The molecule has 0 radical (unpaired) electrons. The molecule has 1 aromatic rings. The van der Waals surface area contributed by atoms with Crippen molar-refractivity contribution in [2.75, 3.05) is 31.7 Å². The van der Waals surface area contributed by atoms with Crippen LogP contribution in [0.4, 0.5) is 5.69 Å². The van der Waals surface area contributed by atoms with Crippen molar-refractivity contribution in [3.05, 3.63) is 29.3 Å². The van der Waals surface area contributed by atoms with Crippen LogP contribution >= 0.6 is 11.6 Å². The van der Waals surface area contributed by atoms with Crippen molar-refractivity contribution in [2.24, 2.45) is 5.92 Å². The van der Waals surface area contributed by atoms with E-state index in [1.807, 2.05) is 12.1 Å². The van der Waals surface area contributed by atoms with Crippen LogP contribution in [0.1, 0.15) is 6.42 Å². The maximum absolute atomic E-state index is 11.5. The molecule has 1 saturated heterocycles. The number of hydrogen-bond donors (Lipinski definition) is 1. The van der Waals surface area contributed by atoms with Crippen molar-refractivity contribution in [1.29, 1.82) is 0 Å². The molecule has 1 heterocycles. The molecule has 1 aliphatic rings. The second kappa shape index (κ2) is 6.61. The molecule has 1 aromatic carbocycles. The maximum Gasteiger partial charge on any atom is 0.325 e. The Hall–Kier alpha value is -1.26. The van der Waals surface area contributed by atoms with Crippen LogP contribution in [0.15, 0.2) is 24.3 Å². The topological polar surface area (TPSA) is 47.6 Å². The minimum Gasteiger partial charge on any atom is -0.464 e. The van der Waals surface area contributed by atoms with Gasteiger partial charge in [0.1, 0.15) is 6.54 Å². The molecule has 1 fully saturated rings. The van der Waals surface area contributed by atoms with E-state index in [1.165, 1.54) is 0 Å². The molecular weight excluding hydrogens is 254 g/mol. The molecule has 0 bridgehead atoms. The Bertz CT molecular complexity index is 405. The molecule has 1 aliphatic heterocycles. The van der Waals surface area contributed by atoms with Gasteiger partial charge in [0.15, 0.2) is 0 Å². The fourth-order valence-electron chi connectivity index (χ4n) is 1.75. The van der Waals surface area contributed by atoms with Gasteiger partial charge in [-0.3, -0.25) is 4.79 Å². The summed E-state index contributed by atoms with van der Waals surface area (Å²) >= 11 is 5.84. The van der Waals surface area contributed by atoms with Crippen LogP contribution in [-0.4, -0.2) is 32.3 Å². The molecule has 0 spiro atoms. The summed E-state index contributed by atoms with van der Waals surface area (Å²) in [5.74, 6) is 0.0852. The van der Waals surface area contributed by atoms with E-state index in [0.717, 1.165) is 18.7 Å². The highest BCUT2D eigenvalue weighted by Gasteiger charge is 2.17. The molecule has 0 aromatic heterocycles. The van der Waals surface area contributed by atoms with Gasteiger partial charge in [-0.1, -0.05) is 17.7 Å². The van der Waals surface area contributed by atoms with Crippen LogP contribution < -0.4 is 5.32 Å². The number of hydrogen-bond acceptors (Lipinski definition) is 4. The number of carbonyl (C=O) groups is 1. The third kappa shape index (κ3) is 4.20. The van der Waals surface area contributed by atoms with Crippen LogP contribution in [-0.2, 0) is 14.3 Å². The highest BCUT2D eigenvalue weighted by molar-refractivity contribution is 6.30. The van der Waals surface area contributed by atoms with Crippen LogP contribution in [0.3, 0.4) is 0 Å². The number of anilines is 1. The number of carbonyl (C=O) groups excluding carboxylic acids is 1. The second-order valence-corrected chi connectivity index (χ2v) is 4.71. The smallest absolute Gasteiger partial charge is 0.325 e. The third-order valence-electron chi connectivity index (χ3n) is 2.77. The molecule has 5 heteroatoms. The number of halogens is 1. The first-order chi connectivity index (χ1) is 8.74.